The second-order valence-corrected chi connectivity index (χ2v) is 4.43. The third-order valence-electron chi connectivity index (χ3n) is 2.60. The molecule has 1 atom stereocenters. The molecule has 0 saturated heterocycles. The van der Waals surface area contributed by atoms with Gasteiger partial charge >= 0.3 is 0 Å². The highest BCUT2D eigenvalue weighted by Gasteiger charge is 2.09. The lowest BCUT2D eigenvalue weighted by Crippen LogP contribution is -2.04. The summed E-state index contributed by atoms with van der Waals surface area (Å²) >= 11 is 5.81. The smallest absolute Gasteiger partial charge is 0.257 e. The first kappa shape index (κ1) is 14.5. The number of halogens is 3. The molecule has 1 unspecified atom stereocenters. The number of pyridine rings is 2. The number of alkyl halides is 2. The highest BCUT2D eigenvalue weighted by Crippen LogP contribution is 2.18. The molecule has 20 heavy (non-hydrogen) atoms. The van der Waals surface area contributed by atoms with E-state index in [1.165, 1.54) is 6.21 Å². The molecule has 0 aliphatic rings. The Morgan fingerprint density at radius 1 is 1.35 bits per heavy atom. The van der Waals surface area contributed by atoms with E-state index in [1.54, 1.807) is 24.4 Å². The van der Waals surface area contributed by atoms with Crippen molar-refractivity contribution < 1.29 is 8.78 Å². The van der Waals surface area contributed by atoms with E-state index in [0.29, 0.717) is 21.7 Å². The van der Waals surface area contributed by atoms with Gasteiger partial charge in [0, 0.05) is 18.6 Å². The van der Waals surface area contributed by atoms with Gasteiger partial charge in [-0.25, -0.2) is 13.8 Å². The van der Waals surface area contributed by atoms with E-state index in [9.17, 15) is 8.78 Å². The van der Waals surface area contributed by atoms with E-state index in [-0.39, 0.29) is 0 Å². The number of hydrogen-bond donors (Lipinski definition) is 1. The van der Waals surface area contributed by atoms with Crippen molar-refractivity contribution in [1.82, 2.24) is 9.97 Å². The Balaban J connectivity index is 2.29. The molecule has 0 bridgehead atoms. The van der Waals surface area contributed by atoms with E-state index in [2.05, 4.69) is 15.0 Å². The van der Waals surface area contributed by atoms with Crippen molar-refractivity contribution in [3.8, 4) is 0 Å². The first-order valence-corrected chi connectivity index (χ1v) is 6.19. The molecule has 7 heteroatoms. The van der Waals surface area contributed by atoms with Crippen LogP contribution in [0.5, 0.6) is 0 Å². The van der Waals surface area contributed by atoms with Crippen LogP contribution in [-0.4, -0.2) is 35.4 Å². The Morgan fingerprint density at radius 2 is 2.15 bits per heavy atom. The van der Waals surface area contributed by atoms with Crippen LogP contribution < -0.4 is 0 Å². The first-order chi connectivity index (χ1) is 9.60. The van der Waals surface area contributed by atoms with Crippen LogP contribution in [0.15, 0.2) is 29.4 Å². The summed E-state index contributed by atoms with van der Waals surface area (Å²) in [6.45, 7) is -0.574. The molecule has 2 rings (SSSR count). The first-order valence-electron chi connectivity index (χ1n) is 5.81. The highest BCUT2D eigenvalue weighted by molar-refractivity contribution is 6.29. The van der Waals surface area contributed by atoms with Gasteiger partial charge in [0.1, 0.15) is 5.15 Å². The van der Waals surface area contributed by atoms with Gasteiger partial charge in [-0.2, -0.15) is 0 Å². The molecule has 0 aromatic carbocycles. The largest absolute Gasteiger partial charge is 0.312 e. The van der Waals surface area contributed by atoms with Crippen LogP contribution in [-0.2, 0) is 0 Å². The number of hydrogen-bond acceptors (Lipinski definition) is 4. The molecule has 4 nitrogen and oxygen atoms in total. The Kier molecular flexibility index (Phi) is 4.68. The van der Waals surface area contributed by atoms with E-state index in [0.717, 1.165) is 6.21 Å². The minimum atomic E-state index is -2.49. The van der Waals surface area contributed by atoms with Gasteiger partial charge in [-0.15, -0.1) is 0 Å². The highest BCUT2D eigenvalue weighted by atomic mass is 35.5. The van der Waals surface area contributed by atoms with Crippen LogP contribution in [0.3, 0.4) is 0 Å². The third-order valence-corrected chi connectivity index (χ3v) is 2.81. The standard InChI is InChI=1S/C13H11ClF2N4/c14-12-2-1-10-11(20-12)3-8(6-19-10)9(4-17)5-18-7-13(15)16/h1-6,9,13,17H,7H2. The predicted octanol–water partition coefficient (Wildman–Crippen LogP) is 3.35. The second-order valence-electron chi connectivity index (χ2n) is 4.04. The SMILES string of the molecule is N=CC(C=NCC(F)F)c1cnc2ccc(Cl)nc2c1. The number of aliphatic imine (C=N–C) groups is 1. The monoisotopic (exact) mass is 296 g/mol. The van der Waals surface area contributed by atoms with E-state index in [4.69, 9.17) is 17.0 Å². The minimum Gasteiger partial charge on any atom is -0.312 e. The zero-order valence-electron chi connectivity index (χ0n) is 10.3. The van der Waals surface area contributed by atoms with Crippen molar-refractivity contribution in [2.75, 3.05) is 6.54 Å². The summed E-state index contributed by atoms with van der Waals surface area (Å²) in [7, 11) is 0. The van der Waals surface area contributed by atoms with Crippen LogP contribution in [0.2, 0.25) is 5.15 Å². The molecular formula is C13H11ClF2N4. The quantitative estimate of drug-likeness (QED) is 0.679. The molecule has 0 amide bonds. The van der Waals surface area contributed by atoms with Crippen LogP contribution in [0, 0.1) is 5.41 Å². The summed E-state index contributed by atoms with van der Waals surface area (Å²) in [5.74, 6) is -0.508. The van der Waals surface area contributed by atoms with Gasteiger partial charge in [0.25, 0.3) is 6.43 Å². The van der Waals surface area contributed by atoms with Crippen LogP contribution in [0.1, 0.15) is 11.5 Å². The summed E-state index contributed by atoms with van der Waals surface area (Å²) in [4.78, 5) is 11.9. The fourth-order valence-electron chi connectivity index (χ4n) is 1.66. The number of fused-ring (bicyclic) bond motifs is 1. The maximum absolute atomic E-state index is 12.0. The molecule has 0 saturated carbocycles. The van der Waals surface area contributed by atoms with Crippen molar-refractivity contribution in [2.45, 2.75) is 12.3 Å². The Labute approximate surface area is 119 Å². The summed E-state index contributed by atoms with van der Waals surface area (Å²) in [5.41, 5.74) is 1.91. The molecular weight excluding hydrogens is 286 g/mol. The lowest BCUT2D eigenvalue weighted by Gasteiger charge is -2.07. The average molecular weight is 297 g/mol. The predicted molar refractivity (Wildman–Crippen MR) is 75.4 cm³/mol. The van der Waals surface area contributed by atoms with E-state index in [1.807, 2.05) is 0 Å². The van der Waals surface area contributed by atoms with Crippen molar-refractivity contribution in [3.63, 3.8) is 0 Å². The average Bonchev–Trinajstić information content (AvgIpc) is 2.42. The van der Waals surface area contributed by atoms with Gasteiger partial charge in [-0.05, 0) is 23.8 Å². The van der Waals surface area contributed by atoms with Crippen molar-refractivity contribution in [2.24, 2.45) is 4.99 Å². The van der Waals surface area contributed by atoms with Crippen molar-refractivity contribution in [3.05, 3.63) is 35.1 Å². The van der Waals surface area contributed by atoms with Crippen LogP contribution >= 0.6 is 11.6 Å². The Bertz CT molecular complexity index is 645. The summed E-state index contributed by atoms with van der Waals surface area (Å²) in [6.07, 6.45) is 1.50. The van der Waals surface area contributed by atoms with E-state index >= 15 is 0 Å². The van der Waals surface area contributed by atoms with Gasteiger partial charge in [-0.3, -0.25) is 9.98 Å². The topological polar surface area (TPSA) is 62.0 Å². The van der Waals surface area contributed by atoms with Gasteiger partial charge in [0.2, 0.25) is 0 Å². The number of nitrogens with zero attached hydrogens (tertiary/aromatic N) is 3. The fraction of sp³-hybridized carbons (Fsp3) is 0.231. The molecule has 2 aromatic rings. The fourth-order valence-corrected chi connectivity index (χ4v) is 1.81. The second kappa shape index (κ2) is 6.47. The normalized spacial score (nSPS) is 13.2. The molecule has 1 N–H and O–H groups in total. The number of rotatable bonds is 5. The molecule has 0 fully saturated rings. The number of nitrogens with one attached hydrogen (secondary N) is 1. The number of aromatic nitrogens is 2. The Morgan fingerprint density at radius 3 is 2.85 bits per heavy atom. The molecule has 0 aliphatic carbocycles. The van der Waals surface area contributed by atoms with Gasteiger partial charge in [0.05, 0.1) is 23.5 Å². The van der Waals surface area contributed by atoms with E-state index < -0.39 is 18.9 Å². The maximum Gasteiger partial charge on any atom is 0.257 e. The minimum absolute atomic E-state index is 0.342. The molecule has 2 heterocycles. The van der Waals surface area contributed by atoms with Gasteiger partial charge in [0.15, 0.2) is 0 Å². The van der Waals surface area contributed by atoms with Crippen LogP contribution in [0.25, 0.3) is 11.0 Å². The van der Waals surface area contributed by atoms with Crippen LogP contribution in [0.4, 0.5) is 8.78 Å². The van der Waals surface area contributed by atoms with Crippen molar-refractivity contribution in [1.29, 1.82) is 5.41 Å². The lowest BCUT2D eigenvalue weighted by atomic mass is 10.0. The molecule has 0 aliphatic heterocycles. The van der Waals surface area contributed by atoms with Gasteiger partial charge < -0.3 is 5.41 Å². The molecule has 2 aromatic heterocycles. The van der Waals surface area contributed by atoms with Gasteiger partial charge in [-0.1, -0.05) is 11.6 Å². The molecule has 104 valence electrons. The van der Waals surface area contributed by atoms with Crippen molar-refractivity contribution >= 4 is 35.1 Å². The zero-order valence-corrected chi connectivity index (χ0v) is 11.1. The lowest BCUT2D eigenvalue weighted by molar-refractivity contribution is 0.159. The maximum atomic E-state index is 12.0. The zero-order chi connectivity index (χ0) is 14.5. The third kappa shape index (κ3) is 3.54. The molecule has 0 radical (unpaired) electrons. The Hall–Kier alpha value is -1.95. The summed E-state index contributed by atoms with van der Waals surface area (Å²) in [5, 5.41) is 7.70. The molecule has 0 spiro atoms. The summed E-state index contributed by atoms with van der Waals surface area (Å²) in [6, 6.07) is 5.09. The summed E-state index contributed by atoms with van der Waals surface area (Å²) < 4.78 is 24.1.